The molecule has 0 aromatic carbocycles. The second kappa shape index (κ2) is 4.48. The van der Waals surface area contributed by atoms with Crippen LogP contribution in [0.25, 0.3) is 0 Å². The molecule has 0 saturated carbocycles. The van der Waals surface area contributed by atoms with Crippen LogP contribution in [-0.2, 0) is 4.79 Å². The minimum Gasteiger partial charge on any atom is -0.342 e. The van der Waals surface area contributed by atoms with Gasteiger partial charge < -0.3 is 4.90 Å². The Labute approximate surface area is 74.9 Å². The summed E-state index contributed by atoms with van der Waals surface area (Å²) in [4.78, 5) is 13.4. The van der Waals surface area contributed by atoms with E-state index < -0.39 is 0 Å². The van der Waals surface area contributed by atoms with Gasteiger partial charge in [0.1, 0.15) is 0 Å². The van der Waals surface area contributed by atoms with Crippen molar-refractivity contribution in [2.24, 2.45) is 5.92 Å². The molecule has 0 aromatic heterocycles. The molecule has 2 heteroatoms. The zero-order valence-corrected chi connectivity index (χ0v) is 8.18. The van der Waals surface area contributed by atoms with E-state index in [0.29, 0.717) is 12.3 Å². The molecular formula is C10H19NO. The van der Waals surface area contributed by atoms with E-state index in [1.807, 2.05) is 11.8 Å². The first-order valence-electron chi connectivity index (χ1n) is 5.05. The molecule has 12 heavy (non-hydrogen) atoms. The Bertz CT molecular complexity index is 156. The molecule has 1 atom stereocenters. The van der Waals surface area contributed by atoms with Gasteiger partial charge in [-0.15, -0.1) is 0 Å². The van der Waals surface area contributed by atoms with E-state index in [1.54, 1.807) is 0 Å². The van der Waals surface area contributed by atoms with E-state index in [-0.39, 0.29) is 0 Å². The summed E-state index contributed by atoms with van der Waals surface area (Å²) in [5, 5.41) is 0. The van der Waals surface area contributed by atoms with Crippen molar-refractivity contribution in [3.05, 3.63) is 0 Å². The van der Waals surface area contributed by atoms with Crippen LogP contribution < -0.4 is 0 Å². The largest absolute Gasteiger partial charge is 0.342 e. The van der Waals surface area contributed by atoms with Crippen LogP contribution in [0.5, 0.6) is 0 Å². The second-order valence-electron chi connectivity index (χ2n) is 3.61. The highest BCUT2D eigenvalue weighted by Gasteiger charge is 2.20. The Morgan fingerprint density at radius 2 is 2.25 bits per heavy atom. The number of carbonyl (C=O) groups excluding carboxylic acids is 1. The number of piperidine rings is 1. The van der Waals surface area contributed by atoms with Crippen LogP contribution >= 0.6 is 0 Å². The molecule has 0 N–H and O–H groups in total. The van der Waals surface area contributed by atoms with Gasteiger partial charge >= 0.3 is 0 Å². The van der Waals surface area contributed by atoms with Crippen molar-refractivity contribution in [3.8, 4) is 0 Å². The molecule has 0 unspecified atom stereocenters. The summed E-state index contributed by atoms with van der Waals surface area (Å²) < 4.78 is 0. The topological polar surface area (TPSA) is 20.3 Å². The molecule has 0 spiro atoms. The third-order valence-electron chi connectivity index (χ3n) is 2.75. The lowest BCUT2D eigenvalue weighted by atomic mass is 9.95. The van der Waals surface area contributed by atoms with Gasteiger partial charge in [-0.25, -0.2) is 0 Å². The molecule has 1 aliphatic rings. The quantitative estimate of drug-likeness (QED) is 0.619. The van der Waals surface area contributed by atoms with E-state index in [0.717, 1.165) is 19.0 Å². The molecular weight excluding hydrogens is 150 g/mol. The second-order valence-corrected chi connectivity index (χ2v) is 3.61. The van der Waals surface area contributed by atoms with Crippen molar-refractivity contribution in [2.75, 3.05) is 13.1 Å². The Morgan fingerprint density at radius 1 is 1.50 bits per heavy atom. The predicted molar refractivity (Wildman–Crippen MR) is 49.9 cm³/mol. The number of rotatable bonds is 2. The minimum absolute atomic E-state index is 0.327. The normalized spacial score (nSPS) is 24.2. The fourth-order valence-corrected chi connectivity index (χ4v) is 1.85. The van der Waals surface area contributed by atoms with Gasteiger partial charge in [0, 0.05) is 19.5 Å². The highest BCUT2D eigenvalue weighted by atomic mass is 16.2. The summed E-state index contributed by atoms with van der Waals surface area (Å²) in [6.07, 6.45) is 4.39. The average molecular weight is 169 g/mol. The Morgan fingerprint density at radius 3 is 2.83 bits per heavy atom. The van der Waals surface area contributed by atoms with Crippen molar-refractivity contribution in [1.82, 2.24) is 4.90 Å². The molecule has 1 heterocycles. The van der Waals surface area contributed by atoms with Gasteiger partial charge in [-0.2, -0.15) is 0 Å². The minimum atomic E-state index is 0.327. The van der Waals surface area contributed by atoms with Crippen LogP contribution in [0.1, 0.15) is 39.5 Å². The van der Waals surface area contributed by atoms with Crippen molar-refractivity contribution in [1.29, 1.82) is 0 Å². The van der Waals surface area contributed by atoms with E-state index in [1.165, 1.54) is 19.3 Å². The molecule has 1 aliphatic heterocycles. The maximum Gasteiger partial charge on any atom is 0.222 e. The molecule has 0 bridgehead atoms. The SMILES string of the molecule is CCC(=O)N1CCC[C@H](CC)C1. The molecule has 1 fully saturated rings. The fraction of sp³-hybridized carbons (Fsp3) is 0.900. The van der Waals surface area contributed by atoms with Crippen molar-refractivity contribution in [3.63, 3.8) is 0 Å². The number of nitrogens with zero attached hydrogens (tertiary/aromatic N) is 1. The molecule has 1 rings (SSSR count). The maximum absolute atomic E-state index is 11.4. The summed E-state index contributed by atoms with van der Waals surface area (Å²) in [5.74, 6) is 1.09. The van der Waals surface area contributed by atoms with Gasteiger partial charge in [0.05, 0.1) is 0 Å². The summed E-state index contributed by atoms with van der Waals surface area (Å²) >= 11 is 0. The first-order valence-corrected chi connectivity index (χ1v) is 5.05. The highest BCUT2D eigenvalue weighted by molar-refractivity contribution is 5.75. The standard InChI is InChI=1S/C10H19NO/c1-3-9-6-5-7-11(8-9)10(12)4-2/h9H,3-8H2,1-2H3/t9-/m0/s1. The lowest BCUT2D eigenvalue weighted by Crippen LogP contribution is -2.39. The lowest BCUT2D eigenvalue weighted by Gasteiger charge is -2.32. The van der Waals surface area contributed by atoms with Gasteiger partial charge in [0.25, 0.3) is 0 Å². The maximum atomic E-state index is 11.4. The third kappa shape index (κ3) is 2.23. The molecule has 2 nitrogen and oxygen atoms in total. The molecule has 70 valence electrons. The van der Waals surface area contributed by atoms with Gasteiger partial charge in [0.15, 0.2) is 0 Å². The number of hydrogen-bond donors (Lipinski definition) is 0. The van der Waals surface area contributed by atoms with E-state index in [2.05, 4.69) is 6.92 Å². The Hall–Kier alpha value is -0.530. The summed E-state index contributed by atoms with van der Waals surface area (Å²) in [6.45, 7) is 6.15. The predicted octanol–water partition coefficient (Wildman–Crippen LogP) is 2.04. The van der Waals surface area contributed by atoms with Crippen molar-refractivity contribution in [2.45, 2.75) is 39.5 Å². The number of likely N-dealkylation sites (tertiary alicyclic amines) is 1. The van der Waals surface area contributed by atoms with Crippen LogP contribution in [0.2, 0.25) is 0 Å². The molecule has 1 saturated heterocycles. The number of carbonyl (C=O) groups is 1. The van der Waals surface area contributed by atoms with E-state index in [4.69, 9.17) is 0 Å². The van der Waals surface area contributed by atoms with Crippen molar-refractivity contribution >= 4 is 5.91 Å². The van der Waals surface area contributed by atoms with Gasteiger partial charge in [0.2, 0.25) is 5.91 Å². The number of amides is 1. The van der Waals surface area contributed by atoms with Crippen LogP contribution in [0, 0.1) is 5.92 Å². The lowest BCUT2D eigenvalue weighted by molar-refractivity contribution is -0.132. The van der Waals surface area contributed by atoms with Crippen LogP contribution in [-0.4, -0.2) is 23.9 Å². The highest BCUT2D eigenvalue weighted by Crippen LogP contribution is 2.19. The average Bonchev–Trinajstić information content (AvgIpc) is 2.17. The Balaban J connectivity index is 2.40. The van der Waals surface area contributed by atoms with Crippen molar-refractivity contribution < 1.29 is 4.79 Å². The first kappa shape index (κ1) is 9.56. The smallest absolute Gasteiger partial charge is 0.222 e. The van der Waals surface area contributed by atoms with Crippen LogP contribution in [0.15, 0.2) is 0 Å². The Kier molecular flexibility index (Phi) is 3.57. The van der Waals surface area contributed by atoms with Gasteiger partial charge in [-0.3, -0.25) is 4.79 Å². The van der Waals surface area contributed by atoms with E-state index in [9.17, 15) is 4.79 Å². The molecule has 1 amide bonds. The summed E-state index contributed by atoms with van der Waals surface area (Å²) in [6, 6.07) is 0. The van der Waals surface area contributed by atoms with Gasteiger partial charge in [-0.05, 0) is 18.8 Å². The first-order chi connectivity index (χ1) is 5.77. The van der Waals surface area contributed by atoms with E-state index >= 15 is 0 Å². The zero-order chi connectivity index (χ0) is 8.97. The fourth-order valence-electron chi connectivity index (χ4n) is 1.85. The van der Waals surface area contributed by atoms with Gasteiger partial charge in [-0.1, -0.05) is 20.3 Å². The number of hydrogen-bond acceptors (Lipinski definition) is 1. The third-order valence-corrected chi connectivity index (χ3v) is 2.75. The summed E-state index contributed by atoms with van der Waals surface area (Å²) in [5.41, 5.74) is 0. The zero-order valence-electron chi connectivity index (χ0n) is 8.18. The van der Waals surface area contributed by atoms with Crippen LogP contribution in [0.4, 0.5) is 0 Å². The molecule has 0 radical (unpaired) electrons. The monoisotopic (exact) mass is 169 g/mol. The molecule has 0 aromatic rings. The molecule has 0 aliphatic carbocycles. The van der Waals surface area contributed by atoms with Crippen LogP contribution in [0.3, 0.4) is 0 Å². The summed E-state index contributed by atoms with van der Waals surface area (Å²) in [7, 11) is 0.